The topological polar surface area (TPSA) is 52.5 Å². The van der Waals surface area contributed by atoms with Crippen molar-refractivity contribution >= 4 is 0 Å². The summed E-state index contributed by atoms with van der Waals surface area (Å²) in [4.78, 5) is 0. The van der Waals surface area contributed by atoms with Crippen LogP contribution in [0.3, 0.4) is 0 Å². The van der Waals surface area contributed by atoms with Gasteiger partial charge in [0.05, 0.1) is 12.2 Å². The molecule has 3 nitrogen and oxygen atoms in total. The Bertz CT molecular complexity index is 158. The summed E-state index contributed by atoms with van der Waals surface area (Å²) >= 11 is 0. The van der Waals surface area contributed by atoms with Gasteiger partial charge in [-0.2, -0.15) is 0 Å². The lowest BCUT2D eigenvalue weighted by Gasteiger charge is -2.17. The molecule has 2 unspecified atom stereocenters. The van der Waals surface area contributed by atoms with E-state index in [9.17, 15) is 10.2 Å². The lowest BCUT2D eigenvalue weighted by Crippen LogP contribution is -2.33. The quantitative estimate of drug-likeness (QED) is 0.600. The molecular weight excluding hydrogens is 190 g/mol. The van der Waals surface area contributed by atoms with Crippen LogP contribution in [-0.4, -0.2) is 35.5 Å². The molecule has 3 heteroatoms. The predicted octanol–water partition coefficient (Wildman–Crippen LogP) is 1.29. The number of hydrogen-bond acceptors (Lipinski definition) is 3. The minimum Gasteiger partial charge on any atom is -0.392 e. The van der Waals surface area contributed by atoms with Gasteiger partial charge in [0.15, 0.2) is 0 Å². The van der Waals surface area contributed by atoms with E-state index in [1.165, 1.54) is 25.7 Å². The van der Waals surface area contributed by atoms with Crippen LogP contribution in [0.4, 0.5) is 0 Å². The fourth-order valence-electron chi connectivity index (χ4n) is 2.28. The van der Waals surface area contributed by atoms with Gasteiger partial charge in [-0.25, -0.2) is 0 Å². The molecule has 3 N–H and O–H groups in total. The smallest absolute Gasteiger partial charge is 0.0667 e. The average Bonchev–Trinajstić information content (AvgIpc) is 2.70. The van der Waals surface area contributed by atoms with Gasteiger partial charge in [0.2, 0.25) is 0 Å². The van der Waals surface area contributed by atoms with E-state index in [-0.39, 0.29) is 12.2 Å². The summed E-state index contributed by atoms with van der Waals surface area (Å²) in [6, 6.07) is 0. The normalized spacial score (nSPS) is 21.8. The molecule has 0 spiro atoms. The molecule has 90 valence electrons. The zero-order chi connectivity index (χ0) is 11.1. The van der Waals surface area contributed by atoms with Gasteiger partial charge in [-0.15, -0.1) is 0 Å². The Morgan fingerprint density at radius 3 is 2.33 bits per heavy atom. The molecule has 15 heavy (non-hydrogen) atoms. The Labute approximate surface area is 92.9 Å². The summed E-state index contributed by atoms with van der Waals surface area (Å²) in [5.74, 6) is 0.734. The first kappa shape index (κ1) is 12.9. The highest BCUT2D eigenvalue weighted by atomic mass is 16.3. The number of nitrogens with one attached hydrogen (secondary N) is 1. The summed E-state index contributed by atoms with van der Waals surface area (Å²) in [6.07, 6.45) is 6.42. The second-order valence-corrected chi connectivity index (χ2v) is 4.76. The van der Waals surface area contributed by atoms with Crippen LogP contribution in [0.5, 0.6) is 0 Å². The largest absolute Gasteiger partial charge is 0.392 e. The Hall–Kier alpha value is -0.120. The van der Waals surface area contributed by atoms with Gasteiger partial charge in [-0.1, -0.05) is 32.6 Å². The molecule has 0 bridgehead atoms. The predicted molar refractivity (Wildman–Crippen MR) is 61.7 cm³/mol. The van der Waals surface area contributed by atoms with Gasteiger partial charge in [-0.05, 0) is 18.8 Å². The van der Waals surface area contributed by atoms with Crippen molar-refractivity contribution in [3.8, 4) is 0 Å². The van der Waals surface area contributed by atoms with E-state index in [0.29, 0.717) is 13.1 Å². The summed E-state index contributed by atoms with van der Waals surface area (Å²) in [6.45, 7) is 3.17. The Balaban J connectivity index is 2.00. The third kappa shape index (κ3) is 5.50. The molecule has 0 saturated heterocycles. The zero-order valence-corrected chi connectivity index (χ0v) is 9.78. The molecule has 0 aliphatic heterocycles. The van der Waals surface area contributed by atoms with E-state index >= 15 is 0 Å². The Kier molecular flexibility index (Phi) is 6.22. The van der Waals surface area contributed by atoms with Gasteiger partial charge in [0.1, 0.15) is 0 Å². The third-order valence-corrected chi connectivity index (χ3v) is 3.31. The molecule has 0 heterocycles. The molecule has 1 saturated carbocycles. The zero-order valence-electron chi connectivity index (χ0n) is 9.78. The number of hydrogen-bond donors (Lipinski definition) is 3. The highest BCUT2D eigenvalue weighted by Gasteiger charge is 2.18. The van der Waals surface area contributed by atoms with Gasteiger partial charge in [0.25, 0.3) is 0 Å². The van der Waals surface area contributed by atoms with Crippen molar-refractivity contribution in [1.82, 2.24) is 5.32 Å². The molecule has 0 amide bonds. The maximum absolute atomic E-state index is 9.75. The maximum Gasteiger partial charge on any atom is 0.0667 e. The van der Waals surface area contributed by atoms with E-state index in [4.69, 9.17) is 0 Å². The third-order valence-electron chi connectivity index (χ3n) is 3.31. The van der Waals surface area contributed by atoms with Crippen LogP contribution in [0.15, 0.2) is 0 Å². The lowest BCUT2D eigenvalue weighted by molar-refractivity contribution is 0.126. The minimum absolute atomic E-state index is 0.239. The standard InChI is InChI=1S/C12H25NO2/c1-2-11(14)8-13-9-12(15)7-10-5-3-4-6-10/h10-15H,2-9H2,1H3. The van der Waals surface area contributed by atoms with Gasteiger partial charge in [-0.3, -0.25) is 0 Å². The fraction of sp³-hybridized carbons (Fsp3) is 1.00. The molecule has 1 rings (SSSR count). The summed E-state index contributed by atoms with van der Waals surface area (Å²) in [7, 11) is 0. The number of aliphatic hydroxyl groups excluding tert-OH is 2. The van der Waals surface area contributed by atoms with Crippen LogP contribution in [0, 0.1) is 5.92 Å². The Morgan fingerprint density at radius 1 is 1.13 bits per heavy atom. The van der Waals surface area contributed by atoms with Gasteiger partial charge < -0.3 is 15.5 Å². The van der Waals surface area contributed by atoms with E-state index in [2.05, 4.69) is 5.32 Å². The van der Waals surface area contributed by atoms with Crippen LogP contribution in [0.25, 0.3) is 0 Å². The van der Waals surface area contributed by atoms with Crippen molar-refractivity contribution in [1.29, 1.82) is 0 Å². The molecule has 0 aromatic carbocycles. The van der Waals surface area contributed by atoms with Gasteiger partial charge in [0, 0.05) is 13.1 Å². The van der Waals surface area contributed by atoms with Crippen molar-refractivity contribution in [2.45, 2.75) is 57.7 Å². The summed E-state index contributed by atoms with van der Waals surface area (Å²) < 4.78 is 0. The van der Waals surface area contributed by atoms with E-state index in [1.54, 1.807) is 0 Å². The lowest BCUT2D eigenvalue weighted by atomic mass is 10.00. The number of aliphatic hydroxyl groups is 2. The fourth-order valence-corrected chi connectivity index (χ4v) is 2.28. The first-order chi connectivity index (χ1) is 7.22. The molecule has 2 atom stereocenters. The molecule has 0 radical (unpaired) electrons. The minimum atomic E-state index is -0.274. The molecular formula is C12H25NO2. The van der Waals surface area contributed by atoms with E-state index in [1.807, 2.05) is 6.92 Å². The molecule has 0 aromatic heterocycles. The van der Waals surface area contributed by atoms with Gasteiger partial charge >= 0.3 is 0 Å². The first-order valence-electron chi connectivity index (χ1n) is 6.29. The van der Waals surface area contributed by atoms with Crippen molar-refractivity contribution < 1.29 is 10.2 Å². The molecule has 1 fully saturated rings. The van der Waals surface area contributed by atoms with Crippen molar-refractivity contribution in [3.63, 3.8) is 0 Å². The van der Waals surface area contributed by atoms with E-state index < -0.39 is 0 Å². The van der Waals surface area contributed by atoms with Crippen molar-refractivity contribution in [3.05, 3.63) is 0 Å². The van der Waals surface area contributed by atoms with Crippen LogP contribution in [0.2, 0.25) is 0 Å². The maximum atomic E-state index is 9.75. The van der Waals surface area contributed by atoms with E-state index in [0.717, 1.165) is 18.8 Å². The van der Waals surface area contributed by atoms with Crippen LogP contribution in [0.1, 0.15) is 45.4 Å². The Morgan fingerprint density at radius 2 is 1.73 bits per heavy atom. The van der Waals surface area contributed by atoms with Crippen molar-refractivity contribution in [2.75, 3.05) is 13.1 Å². The van der Waals surface area contributed by atoms with Crippen LogP contribution in [-0.2, 0) is 0 Å². The highest BCUT2D eigenvalue weighted by Crippen LogP contribution is 2.28. The average molecular weight is 215 g/mol. The second kappa shape index (κ2) is 7.20. The highest BCUT2D eigenvalue weighted by molar-refractivity contribution is 4.72. The summed E-state index contributed by atoms with van der Waals surface area (Å²) in [5, 5.41) is 22.2. The summed E-state index contributed by atoms with van der Waals surface area (Å²) in [5.41, 5.74) is 0. The SMILES string of the molecule is CCC(O)CNCC(O)CC1CCCC1. The van der Waals surface area contributed by atoms with Crippen molar-refractivity contribution in [2.24, 2.45) is 5.92 Å². The molecule has 0 aromatic rings. The first-order valence-corrected chi connectivity index (χ1v) is 6.29. The second-order valence-electron chi connectivity index (χ2n) is 4.76. The molecule has 1 aliphatic carbocycles. The van der Waals surface area contributed by atoms with Crippen LogP contribution >= 0.6 is 0 Å². The van der Waals surface area contributed by atoms with Crippen LogP contribution < -0.4 is 5.32 Å². The number of rotatable bonds is 7. The molecule has 1 aliphatic rings. The monoisotopic (exact) mass is 215 g/mol.